The maximum absolute atomic E-state index is 11.6. The van der Waals surface area contributed by atoms with Gasteiger partial charge in [-0.3, -0.25) is 0 Å². The number of carbonyl (C=O) groups is 1. The van der Waals surface area contributed by atoms with E-state index in [-0.39, 0.29) is 24.5 Å². The van der Waals surface area contributed by atoms with E-state index < -0.39 is 27.7 Å². The highest BCUT2D eigenvalue weighted by Crippen LogP contribution is 2.31. The lowest BCUT2D eigenvalue weighted by Crippen LogP contribution is -2.40. The molecule has 0 bridgehead atoms. The van der Waals surface area contributed by atoms with Crippen molar-refractivity contribution in [1.82, 2.24) is 0 Å². The molecule has 2 atom stereocenters. The van der Waals surface area contributed by atoms with E-state index in [0.717, 1.165) is 5.56 Å². The lowest BCUT2D eigenvalue weighted by atomic mass is 9.91. The summed E-state index contributed by atoms with van der Waals surface area (Å²) in [6.45, 7) is 0.323. The van der Waals surface area contributed by atoms with Gasteiger partial charge in [-0.2, -0.15) is 0 Å². The Morgan fingerprint density at radius 1 is 1.13 bits per heavy atom. The Morgan fingerprint density at radius 3 is 2.39 bits per heavy atom. The van der Waals surface area contributed by atoms with Gasteiger partial charge in [-0.1, -0.05) is 12.1 Å². The van der Waals surface area contributed by atoms with Crippen molar-refractivity contribution in [2.24, 2.45) is 5.14 Å². The SMILES string of the molecule is NS(=O)(=O)c1ccc(OC[C@H](O)COc2cccc(CC3(C(=O)O)CCCO3)c2)cc1. The summed E-state index contributed by atoms with van der Waals surface area (Å²) in [5.41, 5.74) is -0.437. The van der Waals surface area contributed by atoms with Crippen LogP contribution in [0.15, 0.2) is 53.4 Å². The number of benzene rings is 2. The van der Waals surface area contributed by atoms with Crippen molar-refractivity contribution in [2.45, 2.75) is 35.9 Å². The topological polar surface area (TPSA) is 145 Å². The predicted octanol–water partition coefficient (Wildman–Crippen LogP) is 1.33. The average molecular weight is 451 g/mol. The van der Waals surface area contributed by atoms with E-state index in [4.69, 9.17) is 19.3 Å². The molecule has 0 aliphatic carbocycles. The van der Waals surface area contributed by atoms with E-state index in [1.54, 1.807) is 18.2 Å². The minimum Gasteiger partial charge on any atom is -0.491 e. The minimum atomic E-state index is -3.78. The van der Waals surface area contributed by atoms with Crippen molar-refractivity contribution >= 4 is 16.0 Å². The summed E-state index contributed by atoms with van der Waals surface area (Å²) in [5.74, 6) is -0.0995. The third kappa shape index (κ3) is 6.17. The molecular weight excluding hydrogens is 426 g/mol. The number of carboxylic acid groups (broad SMARTS) is 1. The summed E-state index contributed by atoms with van der Waals surface area (Å²) in [5, 5.41) is 24.7. The Balaban J connectivity index is 1.50. The second-order valence-corrected chi connectivity index (χ2v) is 8.93. The first kappa shape index (κ1) is 23.0. The lowest BCUT2D eigenvalue weighted by Gasteiger charge is -2.23. The van der Waals surface area contributed by atoms with Crippen molar-refractivity contribution < 1.29 is 37.6 Å². The summed E-state index contributed by atoms with van der Waals surface area (Å²) < 4.78 is 39.0. The van der Waals surface area contributed by atoms with E-state index in [1.807, 2.05) is 6.07 Å². The zero-order valence-electron chi connectivity index (χ0n) is 16.8. The van der Waals surface area contributed by atoms with E-state index in [2.05, 4.69) is 0 Å². The van der Waals surface area contributed by atoms with Crippen molar-refractivity contribution in [3.8, 4) is 11.5 Å². The van der Waals surface area contributed by atoms with E-state index in [9.17, 15) is 23.4 Å². The number of carboxylic acids is 1. The first-order chi connectivity index (χ1) is 14.7. The molecule has 0 radical (unpaired) electrons. The first-order valence-corrected chi connectivity index (χ1v) is 11.3. The Labute approximate surface area is 180 Å². The van der Waals surface area contributed by atoms with E-state index in [1.165, 1.54) is 24.3 Å². The van der Waals surface area contributed by atoms with Crippen LogP contribution in [0.4, 0.5) is 0 Å². The molecule has 31 heavy (non-hydrogen) atoms. The van der Waals surface area contributed by atoms with Gasteiger partial charge in [0, 0.05) is 13.0 Å². The summed E-state index contributed by atoms with van der Waals surface area (Å²) in [4.78, 5) is 11.6. The molecule has 0 aromatic heterocycles. The molecule has 0 spiro atoms. The summed E-state index contributed by atoms with van der Waals surface area (Å²) in [7, 11) is -3.78. The molecule has 1 aliphatic heterocycles. The van der Waals surface area contributed by atoms with Crippen LogP contribution < -0.4 is 14.6 Å². The van der Waals surface area contributed by atoms with Gasteiger partial charge in [0.1, 0.15) is 30.8 Å². The molecule has 9 nitrogen and oxygen atoms in total. The molecule has 2 aromatic rings. The normalized spacial score (nSPS) is 19.7. The Bertz CT molecular complexity index is 1000. The number of rotatable bonds is 10. The first-order valence-electron chi connectivity index (χ1n) is 9.71. The van der Waals surface area contributed by atoms with Crippen molar-refractivity contribution in [2.75, 3.05) is 19.8 Å². The molecule has 2 aromatic carbocycles. The van der Waals surface area contributed by atoms with Crippen LogP contribution >= 0.6 is 0 Å². The van der Waals surface area contributed by atoms with Crippen LogP contribution in [0.1, 0.15) is 18.4 Å². The third-order valence-electron chi connectivity index (χ3n) is 4.92. The second-order valence-electron chi connectivity index (χ2n) is 7.37. The lowest BCUT2D eigenvalue weighted by molar-refractivity contribution is -0.159. The van der Waals surface area contributed by atoms with Gasteiger partial charge in [0.05, 0.1) is 4.90 Å². The number of aliphatic carboxylic acids is 1. The molecular formula is C21H25NO8S. The van der Waals surface area contributed by atoms with Gasteiger partial charge in [-0.25, -0.2) is 18.4 Å². The van der Waals surface area contributed by atoms with Crippen LogP contribution in [0.5, 0.6) is 11.5 Å². The van der Waals surface area contributed by atoms with Gasteiger partial charge in [-0.15, -0.1) is 0 Å². The van der Waals surface area contributed by atoms with Gasteiger partial charge in [-0.05, 0) is 54.8 Å². The van der Waals surface area contributed by atoms with Crippen molar-refractivity contribution in [3.63, 3.8) is 0 Å². The number of hydrogen-bond donors (Lipinski definition) is 3. The number of hydrogen-bond acceptors (Lipinski definition) is 7. The number of ether oxygens (including phenoxy) is 3. The van der Waals surface area contributed by atoms with Crippen LogP contribution in [0, 0.1) is 0 Å². The highest BCUT2D eigenvalue weighted by Gasteiger charge is 2.42. The van der Waals surface area contributed by atoms with Gasteiger partial charge in [0.2, 0.25) is 10.0 Å². The number of nitrogens with two attached hydrogens (primary N) is 1. The quantitative estimate of drug-likeness (QED) is 0.490. The number of aliphatic hydroxyl groups excluding tert-OH is 1. The van der Waals surface area contributed by atoms with E-state index >= 15 is 0 Å². The summed E-state index contributed by atoms with van der Waals surface area (Å²) in [6.07, 6.45) is 0.464. The standard InChI is InChI=1S/C21H25NO8S/c22-31(26,27)19-7-5-17(6-8-19)28-13-16(23)14-29-18-4-1-3-15(11-18)12-21(20(24)25)9-2-10-30-21/h1,3-8,11,16,23H,2,9-10,12-14H2,(H,24,25)(H2,22,26,27)/t16-,21?/m0/s1. The highest BCUT2D eigenvalue weighted by atomic mass is 32.2. The van der Waals surface area contributed by atoms with Gasteiger partial charge in [0.25, 0.3) is 0 Å². The molecule has 3 rings (SSSR count). The van der Waals surface area contributed by atoms with Gasteiger partial charge in [0.15, 0.2) is 5.60 Å². The maximum Gasteiger partial charge on any atom is 0.336 e. The molecule has 1 fully saturated rings. The molecule has 1 saturated heterocycles. The molecule has 0 saturated carbocycles. The van der Waals surface area contributed by atoms with Gasteiger partial charge >= 0.3 is 5.97 Å². The fraction of sp³-hybridized carbons (Fsp3) is 0.381. The maximum atomic E-state index is 11.6. The third-order valence-corrected chi connectivity index (χ3v) is 5.85. The zero-order valence-corrected chi connectivity index (χ0v) is 17.6. The zero-order chi connectivity index (χ0) is 22.5. The molecule has 10 heteroatoms. The molecule has 168 valence electrons. The number of sulfonamides is 1. The highest BCUT2D eigenvalue weighted by molar-refractivity contribution is 7.89. The average Bonchev–Trinajstić information content (AvgIpc) is 3.20. The Hall–Kier alpha value is -2.66. The Kier molecular flexibility index (Phi) is 7.16. The second kappa shape index (κ2) is 9.65. The molecule has 1 aliphatic rings. The van der Waals surface area contributed by atoms with E-state index in [0.29, 0.717) is 30.9 Å². The molecule has 1 heterocycles. The van der Waals surface area contributed by atoms with Crippen LogP contribution in [0.2, 0.25) is 0 Å². The minimum absolute atomic E-state index is 0.0312. The molecule has 1 unspecified atom stereocenters. The number of primary sulfonamides is 1. The van der Waals surface area contributed by atoms with Crippen LogP contribution in [0.3, 0.4) is 0 Å². The Morgan fingerprint density at radius 2 is 1.81 bits per heavy atom. The van der Waals surface area contributed by atoms with Crippen LogP contribution in [0.25, 0.3) is 0 Å². The molecule has 4 N–H and O–H groups in total. The van der Waals surface area contributed by atoms with Crippen molar-refractivity contribution in [1.29, 1.82) is 0 Å². The predicted molar refractivity (Wildman–Crippen MR) is 111 cm³/mol. The van der Waals surface area contributed by atoms with Crippen LogP contribution in [-0.4, -0.2) is 56.1 Å². The summed E-state index contributed by atoms with van der Waals surface area (Å²) >= 11 is 0. The monoisotopic (exact) mass is 451 g/mol. The largest absolute Gasteiger partial charge is 0.491 e. The fourth-order valence-electron chi connectivity index (χ4n) is 3.31. The van der Waals surface area contributed by atoms with Crippen LogP contribution in [-0.2, 0) is 26.0 Å². The fourth-order valence-corrected chi connectivity index (χ4v) is 3.83. The summed E-state index contributed by atoms with van der Waals surface area (Å²) in [6, 6.07) is 12.5. The smallest absolute Gasteiger partial charge is 0.336 e. The van der Waals surface area contributed by atoms with Gasteiger partial charge < -0.3 is 24.4 Å². The van der Waals surface area contributed by atoms with Crippen molar-refractivity contribution in [3.05, 3.63) is 54.1 Å². The number of aliphatic hydroxyl groups is 1. The molecule has 0 amide bonds.